The summed E-state index contributed by atoms with van der Waals surface area (Å²) in [5, 5.41) is 5.59. The quantitative estimate of drug-likeness (QED) is 0.524. The zero-order valence-electron chi connectivity index (χ0n) is 17.8. The van der Waals surface area contributed by atoms with Crippen LogP contribution in [0.2, 0.25) is 5.02 Å². The Hall–Kier alpha value is -2.78. The number of carbonyl (C=O) groups excluding carboxylic acids is 2. The topological polar surface area (TPSA) is 106 Å². The molecule has 1 unspecified atom stereocenters. The van der Waals surface area contributed by atoms with Gasteiger partial charge in [-0.15, -0.1) is 0 Å². The van der Waals surface area contributed by atoms with Gasteiger partial charge < -0.3 is 19.6 Å². The molecule has 31 heavy (non-hydrogen) atoms. The molecule has 0 fully saturated rings. The van der Waals surface area contributed by atoms with Crippen molar-refractivity contribution in [3.05, 3.63) is 58.1 Å². The Morgan fingerprint density at radius 2 is 1.87 bits per heavy atom. The zero-order valence-corrected chi connectivity index (χ0v) is 19.4. The molecule has 2 aromatic rings. The van der Waals surface area contributed by atoms with E-state index in [1.807, 2.05) is 26.0 Å². The molecule has 0 spiro atoms. The molecule has 0 radical (unpaired) electrons. The summed E-state index contributed by atoms with van der Waals surface area (Å²) in [6, 6.07) is 9.78. The van der Waals surface area contributed by atoms with E-state index in [1.165, 1.54) is 14.2 Å². The molecule has 2 aromatic carbocycles. The summed E-state index contributed by atoms with van der Waals surface area (Å²) < 4.78 is 24.9. The van der Waals surface area contributed by atoms with Crippen molar-refractivity contribution in [1.82, 2.24) is 15.4 Å². The van der Waals surface area contributed by atoms with Crippen molar-refractivity contribution in [3.8, 4) is 11.5 Å². The number of nitrogens with one attached hydrogen (secondary N) is 3. The molecular weight excluding hydrogens is 442 g/mol. The summed E-state index contributed by atoms with van der Waals surface area (Å²) >= 11 is 3.95. The van der Waals surface area contributed by atoms with Gasteiger partial charge in [-0.1, -0.05) is 37.6 Å². The summed E-state index contributed by atoms with van der Waals surface area (Å²) in [6.07, 6.45) is 0.513. The first-order valence-electron chi connectivity index (χ1n) is 9.58. The van der Waals surface area contributed by atoms with Gasteiger partial charge in [-0.05, 0) is 47.7 Å². The van der Waals surface area contributed by atoms with Crippen molar-refractivity contribution in [3.63, 3.8) is 0 Å². The highest BCUT2D eigenvalue weighted by atomic mass is 35.5. The minimum atomic E-state index is -2.04. The second-order valence-corrected chi connectivity index (χ2v) is 8.15. The number of carbonyl (C=O) groups is 2. The fraction of sp³-hybridized carbons (Fsp3) is 0.333. The maximum atomic E-state index is 12.5. The lowest BCUT2D eigenvalue weighted by Crippen LogP contribution is -2.36. The molecule has 1 atom stereocenters. The van der Waals surface area contributed by atoms with Crippen molar-refractivity contribution < 1.29 is 22.7 Å². The molecule has 0 aliphatic heterocycles. The van der Waals surface area contributed by atoms with Crippen LogP contribution in [-0.2, 0) is 17.7 Å². The van der Waals surface area contributed by atoms with Gasteiger partial charge in [-0.3, -0.25) is 4.79 Å². The minimum absolute atomic E-state index is 0.121. The van der Waals surface area contributed by atoms with Gasteiger partial charge in [0.1, 0.15) is 11.5 Å². The molecule has 0 aliphatic carbocycles. The van der Waals surface area contributed by atoms with E-state index in [-0.39, 0.29) is 11.8 Å². The highest BCUT2D eigenvalue weighted by Crippen LogP contribution is 2.28. The summed E-state index contributed by atoms with van der Waals surface area (Å²) in [6.45, 7) is 4.32. The van der Waals surface area contributed by atoms with Gasteiger partial charge >= 0.3 is 17.3 Å². The largest absolute Gasteiger partial charge is 0.496 e. The van der Waals surface area contributed by atoms with Crippen LogP contribution in [0.25, 0.3) is 0 Å². The summed E-state index contributed by atoms with van der Waals surface area (Å²) in [5.41, 5.74) is 2.07. The van der Waals surface area contributed by atoms with E-state index in [9.17, 15) is 13.8 Å². The molecule has 10 heteroatoms. The van der Waals surface area contributed by atoms with Crippen LogP contribution in [0.1, 0.15) is 41.3 Å². The van der Waals surface area contributed by atoms with Gasteiger partial charge in [0.05, 0.1) is 12.7 Å². The number of halogens is 1. The second kappa shape index (κ2) is 11.6. The SMILES string of the molecule is CNC(=O)NS(=O)Oc1cc(CCNC(=O)c2cc(Cl)ccc2OC)ccc1C(C)C. The number of rotatable bonds is 9. The van der Waals surface area contributed by atoms with E-state index in [4.69, 9.17) is 20.5 Å². The molecule has 168 valence electrons. The fourth-order valence-electron chi connectivity index (χ4n) is 2.79. The smallest absolute Gasteiger partial charge is 0.328 e. The van der Waals surface area contributed by atoms with Crippen molar-refractivity contribution in [2.24, 2.45) is 0 Å². The Morgan fingerprint density at radius 3 is 2.52 bits per heavy atom. The highest BCUT2D eigenvalue weighted by molar-refractivity contribution is 7.79. The monoisotopic (exact) mass is 467 g/mol. The Morgan fingerprint density at radius 1 is 1.13 bits per heavy atom. The van der Waals surface area contributed by atoms with E-state index in [2.05, 4.69) is 15.4 Å². The van der Waals surface area contributed by atoms with E-state index in [0.29, 0.717) is 35.1 Å². The number of amides is 3. The summed E-state index contributed by atoms with van der Waals surface area (Å²) in [4.78, 5) is 23.8. The molecule has 8 nitrogen and oxygen atoms in total. The first-order chi connectivity index (χ1) is 14.7. The van der Waals surface area contributed by atoms with Crippen molar-refractivity contribution in [1.29, 1.82) is 0 Å². The van der Waals surface area contributed by atoms with Crippen LogP contribution >= 0.6 is 11.6 Å². The van der Waals surface area contributed by atoms with E-state index in [1.54, 1.807) is 24.3 Å². The molecule has 0 heterocycles. The van der Waals surface area contributed by atoms with Crippen LogP contribution in [0.5, 0.6) is 11.5 Å². The molecule has 0 saturated carbocycles. The molecule has 0 aromatic heterocycles. The zero-order chi connectivity index (χ0) is 23.0. The number of hydrogen-bond acceptors (Lipinski definition) is 5. The molecule has 2 rings (SSSR count). The number of benzene rings is 2. The minimum Gasteiger partial charge on any atom is -0.496 e. The number of ether oxygens (including phenoxy) is 1. The molecule has 0 aliphatic rings. The van der Waals surface area contributed by atoms with Crippen LogP contribution in [0.3, 0.4) is 0 Å². The second-order valence-electron chi connectivity index (χ2n) is 6.88. The predicted molar refractivity (Wildman–Crippen MR) is 121 cm³/mol. The van der Waals surface area contributed by atoms with Gasteiger partial charge in [0.25, 0.3) is 5.91 Å². The molecule has 0 bridgehead atoms. The molecule has 3 amide bonds. The fourth-order valence-corrected chi connectivity index (χ4v) is 3.56. The van der Waals surface area contributed by atoms with Crippen molar-refractivity contribution in [2.45, 2.75) is 26.2 Å². The lowest BCUT2D eigenvalue weighted by molar-refractivity contribution is 0.0951. The van der Waals surface area contributed by atoms with Crippen LogP contribution in [0.15, 0.2) is 36.4 Å². The van der Waals surface area contributed by atoms with Crippen LogP contribution in [0, 0.1) is 0 Å². The molecular formula is C21H26ClN3O5S. The average molecular weight is 468 g/mol. The van der Waals surface area contributed by atoms with E-state index < -0.39 is 17.3 Å². The number of methoxy groups -OCH3 is 1. The summed E-state index contributed by atoms with van der Waals surface area (Å²) in [5.74, 6) is 0.664. The van der Waals surface area contributed by atoms with Gasteiger partial charge in [0, 0.05) is 18.6 Å². The average Bonchev–Trinajstić information content (AvgIpc) is 2.73. The van der Waals surface area contributed by atoms with Gasteiger partial charge in [0.15, 0.2) is 0 Å². The Labute approximate surface area is 189 Å². The van der Waals surface area contributed by atoms with Crippen LogP contribution in [-0.4, -0.2) is 36.8 Å². The maximum Gasteiger partial charge on any atom is 0.328 e. The lowest BCUT2D eigenvalue weighted by atomic mass is 9.99. The first kappa shape index (κ1) is 24.5. The van der Waals surface area contributed by atoms with Crippen molar-refractivity contribution in [2.75, 3.05) is 20.7 Å². The maximum absolute atomic E-state index is 12.5. The summed E-state index contributed by atoms with van der Waals surface area (Å²) in [7, 11) is 2.90. The van der Waals surface area contributed by atoms with Gasteiger partial charge in [-0.2, -0.15) is 4.21 Å². The Balaban J connectivity index is 2.06. The van der Waals surface area contributed by atoms with Crippen LogP contribution < -0.4 is 24.3 Å². The van der Waals surface area contributed by atoms with Crippen molar-refractivity contribution >= 4 is 34.8 Å². The third-order valence-corrected chi connectivity index (χ3v) is 5.29. The van der Waals surface area contributed by atoms with E-state index in [0.717, 1.165) is 11.1 Å². The predicted octanol–water partition coefficient (Wildman–Crippen LogP) is 3.33. The molecule has 3 N–H and O–H groups in total. The standard InChI is InChI=1S/C21H26ClN3O5S/c1-13(2)16-7-5-14(11-19(16)30-31(28)25-21(27)23-3)9-10-24-20(26)17-12-15(22)6-8-18(17)29-4/h5-8,11-13H,9-10H2,1-4H3,(H,24,26)(H2,23,25,27). The first-order valence-corrected chi connectivity index (χ1v) is 11.0. The van der Waals surface area contributed by atoms with E-state index >= 15 is 0 Å². The van der Waals surface area contributed by atoms with Crippen LogP contribution in [0.4, 0.5) is 4.79 Å². The van der Waals surface area contributed by atoms with Gasteiger partial charge in [-0.25, -0.2) is 9.52 Å². The highest BCUT2D eigenvalue weighted by Gasteiger charge is 2.15. The Bertz CT molecular complexity index is 968. The van der Waals surface area contributed by atoms with Gasteiger partial charge in [0.2, 0.25) is 0 Å². The Kier molecular flexibility index (Phi) is 9.14. The third kappa shape index (κ3) is 7.15. The lowest BCUT2D eigenvalue weighted by Gasteiger charge is -2.15. The molecule has 0 saturated heterocycles. The normalized spacial score (nSPS) is 11.5. The number of hydrogen-bond donors (Lipinski definition) is 3. The third-order valence-electron chi connectivity index (χ3n) is 4.37. The number of urea groups is 1.